The molecule has 0 bridgehead atoms. The third-order valence-corrected chi connectivity index (χ3v) is 4.37. The lowest BCUT2D eigenvalue weighted by atomic mass is 10.1. The summed E-state index contributed by atoms with van der Waals surface area (Å²) in [5, 5.41) is 0.161. The topological polar surface area (TPSA) is 12.5 Å². The molecule has 1 aliphatic rings. The first-order valence-electron chi connectivity index (χ1n) is 5.04. The number of rotatable bonds is 3. The second kappa shape index (κ2) is 4.39. The Balaban J connectivity index is 2.44. The van der Waals surface area contributed by atoms with Crippen LogP contribution in [0.15, 0.2) is 0 Å². The maximum atomic E-state index is 5.87. The molecule has 0 radical (unpaired) electrons. The first kappa shape index (κ1) is 10.2. The minimum atomic E-state index is 0.161. The van der Waals surface area contributed by atoms with E-state index in [1.54, 1.807) is 0 Å². The molecule has 0 aromatic carbocycles. The Kier molecular flexibility index (Phi) is 3.74. The predicted molar refractivity (Wildman–Crippen MR) is 55.4 cm³/mol. The van der Waals surface area contributed by atoms with Gasteiger partial charge in [-0.2, -0.15) is 0 Å². The fourth-order valence-corrected chi connectivity index (χ4v) is 2.57. The van der Waals surface area contributed by atoms with Crippen molar-refractivity contribution >= 4 is 10.2 Å². The van der Waals surface area contributed by atoms with Crippen molar-refractivity contribution in [3.63, 3.8) is 0 Å². The average molecular weight is 187 g/mol. The minimum Gasteiger partial charge on any atom is -0.365 e. The van der Waals surface area contributed by atoms with E-state index in [1.165, 1.54) is 32.2 Å². The molecule has 0 N–H and O–H groups in total. The van der Waals surface area contributed by atoms with E-state index < -0.39 is 0 Å². The maximum absolute atomic E-state index is 5.87. The lowest BCUT2D eigenvalue weighted by Gasteiger charge is -2.41. The van der Waals surface area contributed by atoms with Crippen LogP contribution in [0.2, 0.25) is 0 Å². The third kappa shape index (κ3) is 2.31. The van der Waals surface area contributed by atoms with Crippen molar-refractivity contribution in [1.82, 2.24) is 4.90 Å². The van der Waals surface area contributed by atoms with Crippen molar-refractivity contribution in [2.45, 2.75) is 38.0 Å². The molecule has 2 nitrogen and oxygen atoms in total. The molecule has 0 spiro atoms. The highest BCUT2D eigenvalue weighted by atomic mass is 28.1. The van der Waals surface area contributed by atoms with Gasteiger partial charge in [0, 0.05) is 6.61 Å². The zero-order chi connectivity index (χ0) is 9.03. The molecule has 1 aliphatic heterocycles. The van der Waals surface area contributed by atoms with Gasteiger partial charge in [0.1, 0.15) is 0 Å². The van der Waals surface area contributed by atoms with Gasteiger partial charge in [0.15, 0.2) is 0 Å². The number of nitrogens with zero attached hydrogens (tertiary/aromatic N) is 1. The van der Waals surface area contributed by atoms with Crippen LogP contribution < -0.4 is 0 Å². The molecule has 1 rings (SSSR count). The molecular weight excluding hydrogens is 166 g/mol. The summed E-state index contributed by atoms with van der Waals surface area (Å²) >= 11 is 0. The van der Waals surface area contributed by atoms with Crippen molar-refractivity contribution in [2.24, 2.45) is 0 Å². The van der Waals surface area contributed by atoms with Gasteiger partial charge in [0.05, 0.1) is 15.6 Å². The van der Waals surface area contributed by atoms with Gasteiger partial charge in [-0.1, -0.05) is 6.92 Å². The second-order valence-electron chi connectivity index (χ2n) is 3.90. The van der Waals surface area contributed by atoms with Crippen LogP contribution in [0, 0.1) is 0 Å². The first-order valence-corrected chi connectivity index (χ1v) is 6.04. The molecule has 1 atom stereocenters. The standard InChI is InChI=1S/C9H21NOSi/c1-3-7-10(2)9(12)6-4-5-8-11-9/h3-8H2,1-2,12H3. The quantitative estimate of drug-likeness (QED) is 0.598. The van der Waals surface area contributed by atoms with Crippen LogP contribution in [0.25, 0.3) is 0 Å². The summed E-state index contributed by atoms with van der Waals surface area (Å²) in [7, 11) is 3.33. The number of hydrogen-bond acceptors (Lipinski definition) is 2. The average Bonchev–Trinajstić information content (AvgIpc) is 2.06. The van der Waals surface area contributed by atoms with E-state index in [-0.39, 0.29) is 5.35 Å². The molecule has 0 saturated carbocycles. The van der Waals surface area contributed by atoms with Crippen LogP contribution in [0.3, 0.4) is 0 Å². The molecule has 1 fully saturated rings. The second-order valence-corrected chi connectivity index (χ2v) is 5.46. The Morgan fingerprint density at radius 3 is 2.75 bits per heavy atom. The zero-order valence-corrected chi connectivity index (χ0v) is 10.6. The highest BCUT2D eigenvalue weighted by Crippen LogP contribution is 2.24. The molecule has 3 heteroatoms. The predicted octanol–water partition coefficient (Wildman–Crippen LogP) is 0.548. The zero-order valence-electron chi connectivity index (χ0n) is 8.60. The van der Waals surface area contributed by atoms with E-state index in [0.717, 1.165) is 16.8 Å². The van der Waals surface area contributed by atoms with Gasteiger partial charge in [-0.3, -0.25) is 4.90 Å². The fourth-order valence-electron chi connectivity index (χ4n) is 1.79. The largest absolute Gasteiger partial charge is 0.365 e. The molecule has 0 amide bonds. The van der Waals surface area contributed by atoms with E-state index >= 15 is 0 Å². The molecule has 0 aromatic heterocycles. The van der Waals surface area contributed by atoms with Gasteiger partial charge in [0.2, 0.25) is 0 Å². The molecule has 12 heavy (non-hydrogen) atoms. The fraction of sp³-hybridized carbons (Fsp3) is 1.00. The SMILES string of the molecule is CCCN(C)C1([SiH3])CCCCO1. The van der Waals surface area contributed by atoms with Crippen LogP contribution >= 0.6 is 0 Å². The highest BCUT2D eigenvalue weighted by Gasteiger charge is 2.30. The van der Waals surface area contributed by atoms with E-state index in [2.05, 4.69) is 18.9 Å². The smallest absolute Gasteiger partial charge is 0.0968 e. The molecular formula is C9H21NOSi. The minimum absolute atomic E-state index is 0.161. The highest BCUT2D eigenvalue weighted by molar-refractivity contribution is 6.14. The summed E-state index contributed by atoms with van der Waals surface area (Å²) < 4.78 is 5.87. The molecule has 1 heterocycles. The number of hydrogen-bond donors (Lipinski definition) is 0. The van der Waals surface area contributed by atoms with E-state index in [9.17, 15) is 0 Å². The normalized spacial score (nSPS) is 31.2. The van der Waals surface area contributed by atoms with E-state index in [0.29, 0.717) is 0 Å². The Morgan fingerprint density at radius 1 is 1.50 bits per heavy atom. The maximum Gasteiger partial charge on any atom is 0.0968 e. The van der Waals surface area contributed by atoms with E-state index in [4.69, 9.17) is 4.74 Å². The molecule has 0 aromatic rings. The third-order valence-electron chi connectivity index (χ3n) is 2.81. The summed E-state index contributed by atoms with van der Waals surface area (Å²) in [6, 6.07) is 0. The van der Waals surface area contributed by atoms with Crippen LogP contribution in [0.5, 0.6) is 0 Å². The molecule has 72 valence electrons. The molecule has 1 saturated heterocycles. The lowest BCUT2D eigenvalue weighted by molar-refractivity contribution is -0.111. The molecule has 1 unspecified atom stereocenters. The van der Waals surface area contributed by atoms with E-state index in [1.807, 2.05) is 0 Å². The first-order chi connectivity index (χ1) is 5.69. The Hall–Kier alpha value is 0.137. The van der Waals surface area contributed by atoms with Gasteiger partial charge in [0.25, 0.3) is 0 Å². The van der Waals surface area contributed by atoms with Crippen molar-refractivity contribution in [2.75, 3.05) is 20.2 Å². The van der Waals surface area contributed by atoms with Crippen LogP contribution in [-0.4, -0.2) is 40.7 Å². The van der Waals surface area contributed by atoms with Gasteiger partial charge in [-0.05, 0) is 39.3 Å². The Labute approximate surface area is 78.7 Å². The summed E-state index contributed by atoms with van der Waals surface area (Å²) in [6.07, 6.45) is 5.07. The van der Waals surface area contributed by atoms with Crippen molar-refractivity contribution in [3.8, 4) is 0 Å². The van der Waals surface area contributed by atoms with Gasteiger partial charge >= 0.3 is 0 Å². The van der Waals surface area contributed by atoms with Crippen molar-refractivity contribution in [3.05, 3.63) is 0 Å². The Morgan fingerprint density at radius 2 is 2.25 bits per heavy atom. The van der Waals surface area contributed by atoms with Crippen LogP contribution in [-0.2, 0) is 4.74 Å². The van der Waals surface area contributed by atoms with Gasteiger partial charge in [-0.15, -0.1) is 0 Å². The Bertz CT molecular complexity index is 134. The summed E-state index contributed by atoms with van der Waals surface area (Å²) in [6.45, 7) is 4.37. The van der Waals surface area contributed by atoms with Gasteiger partial charge in [-0.25, -0.2) is 0 Å². The number of ether oxygens (including phenoxy) is 1. The van der Waals surface area contributed by atoms with Gasteiger partial charge < -0.3 is 4.74 Å². The van der Waals surface area contributed by atoms with Crippen LogP contribution in [0.4, 0.5) is 0 Å². The lowest BCUT2D eigenvalue weighted by Crippen LogP contribution is -2.51. The summed E-state index contributed by atoms with van der Waals surface area (Å²) in [5.74, 6) is 0. The van der Waals surface area contributed by atoms with Crippen molar-refractivity contribution < 1.29 is 4.74 Å². The van der Waals surface area contributed by atoms with Crippen molar-refractivity contribution in [1.29, 1.82) is 0 Å². The molecule has 0 aliphatic carbocycles. The summed E-state index contributed by atoms with van der Waals surface area (Å²) in [5.41, 5.74) is 0. The van der Waals surface area contributed by atoms with Crippen LogP contribution in [0.1, 0.15) is 32.6 Å². The summed E-state index contributed by atoms with van der Waals surface area (Å²) in [4.78, 5) is 2.40. The monoisotopic (exact) mass is 187 g/mol.